The molecule has 0 spiro atoms. The van der Waals surface area contributed by atoms with Crippen molar-refractivity contribution in [2.24, 2.45) is 0 Å². The van der Waals surface area contributed by atoms with Crippen molar-refractivity contribution in [1.29, 1.82) is 0 Å². The van der Waals surface area contributed by atoms with E-state index < -0.39 is 5.91 Å². The number of hydrogen-bond donors (Lipinski definition) is 2. The molecule has 0 aliphatic rings. The summed E-state index contributed by atoms with van der Waals surface area (Å²) in [6.45, 7) is 2.02. The lowest BCUT2D eigenvalue weighted by Gasteiger charge is -2.09. The van der Waals surface area contributed by atoms with Crippen LogP contribution in [0, 0.1) is 6.92 Å². The number of nitrogens with one attached hydrogen (secondary N) is 2. The Kier molecular flexibility index (Phi) is 4.60. The lowest BCUT2D eigenvalue weighted by atomic mass is 10.1. The van der Waals surface area contributed by atoms with E-state index in [2.05, 4.69) is 15.5 Å². The van der Waals surface area contributed by atoms with Gasteiger partial charge in [-0.1, -0.05) is 35.9 Å². The Morgan fingerprint density at radius 1 is 0.893 bits per heavy atom. The SMILES string of the molecule is Cc1ccc(Oc2ccc(NC(=O)c3n[nH]c(=O)c4ccccc34)cc2)cc1. The highest BCUT2D eigenvalue weighted by molar-refractivity contribution is 6.11. The molecule has 0 aliphatic carbocycles. The summed E-state index contributed by atoms with van der Waals surface area (Å²) >= 11 is 0. The van der Waals surface area contributed by atoms with Crippen LogP contribution in [0.2, 0.25) is 0 Å². The zero-order valence-corrected chi connectivity index (χ0v) is 15.1. The van der Waals surface area contributed by atoms with E-state index in [0.29, 0.717) is 22.2 Å². The first-order valence-corrected chi connectivity index (χ1v) is 8.73. The number of hydrogen-bond acceptors (Lipinski definition) is 4. The Labute approximate surface area is 160 Å². The molecule has 0 unspecified atom stereocenters. The van der Waals surface area contributed by atoms with Crippen molar-refractivity contribution >= 4 is 22.4 Å². The summed E-state index contributed by atoms with van der Waals surface area (Å²) in [6.07, 6.45) is 0. The van der Waals surface area contributed by atoms with Gasteiger partial charge in [-0.3, -0.25) is 9.59 Å². The highest BCUT2D eigenvalue weighted by Gasteiger charge is 2.14. The summed E-state index contributed by atoms with van der Waals surface area (Å²) in [5.74, 6) is 1.00. The number of ether oxygens (including phenoxy) is 1. The summed E-state index contributed by atoms with van der Waals surface area (Å²) in [6, 6.07) is 21.7. The monoisotopic (exact) mass is 371 g/mol. The summed E-state index contributed by atoms with van der Waals surface area (Å²) in [4.78, 5) is 24.5. The maximum Gasteiger partial charge on any atom is 0.276 e. The van der Waals surface area contributed by atoms with E-state index in [1.807, 2.05) is 31.2 Å². The van der Waals surface area contributed by atoms with Gasteiger partial charge in [0.1, 0.15) is 11.5 Å². The van der Waals surface area contributed by atoms with Crippen molar-refractivity contribution < 1.29 is 9.53 Å². The van der Waals surface area contributed by atoms with Gasteiger partial charge in [0.2, 0.25) is 0 Å². The fourth-order valence-electron chi connectivity index (χ4n) is 2.83. The Morgan fingerprint density at radius 3 is 2.18 bits per heavy atom. The van der Waals surface area contributed by atoms with E-state index in [-0.39, 0.29) is 11.3 Å². The van der Waals surface area contributed by atoms with Gasteiger partial charge in [-0.15, -0.1) is 0 Å². The van der Waals surface area contributed by atoms with Gasteiger partial charge in [0.25, 0.3) is 11.5 Å². The minimum Gasteiger partial charge on any atom is -0.457 e. The quantitative estimate of drug-likeness (QED) is 0.561. The number of rotatable bonds is 4. The van der Waals surface area contributed by atoms with Crippen molar-refractivity contribution in [2.75, 3.05) is 5.32 Å². The molecule has 0 bridgehead atoms. The van der Waals surface area contributed by atoms with Gasteiger partial charge < -0.3 is 10.1 Å². The molecule has 3 aromatic carbocycles. The Bertz CT molecular complexity index is 1200. The first-order valence-electron chi connectivity index (χ1n) is 8.73. The van der Waals surface area contributed by atoms with Gasteiger partial charge in [-0.05, 0) is 49.4 Å². The number of aromatic amines is 1. The molecule has 1 amide bonds. The Balaban J connectivity index is 1.52. The van der Waals surface area contributed by atoms with E-state index in [4.69, 9.17) is 4.74 Å². The van der Waals surface area contributed by atoms with Crippen LogP contribution in [0.1, 0.15) is 16.1 Å². The average molecular weight is 371 g/mol. The summed E-state index contributed by atoms with van der Waals surface area (Å²) in [5, 5.41) is 9.99. The normalized spacial score (nSPS) is 10.6. The number of carbonyl (C=O) groups excluding carboxylic acids is 1. The molecule has 28 heavy (non-hydrogen) atoms. The van der Waals surface area contributed by atoms with Crippen LogP contribution >= 0.6 is 0 Å². The van der Waals surface area contributed by atoms with E-state index in [1.54, 1.807) is 48.5 Å². The fraction of sp³-hybridized carbons (Fsp3) is 0.0455. The van der Waals surface area contributed by atoms with Gasteiger partial charge in [0.15, 0.2) is 5.69 Å². The van der Waals surface area contributed by atoms with Crippen molar-refractivity contribution in [3.8, 4) is 11.5 Å². The zero-order chi connectivity index (χ0) is 19.5. The van der Waals surface area contributed by atoms with Crippen LogP contribution in [0.5, 0.6) is 11.5 Å². The standard InChI is InChI=1S/C22H17N3O3/c1-14-6-10-16(11-7-14)28-17-12-8-15(9-13-17)23-22(27)20-18-4-2-3-5-19(18)21(26)25-24-20/h2-13H,1H3,(H,23,27)(H,25,26). The van der Waals surface area contributed by atoms with Crippen molar-refractivity contribution in [3.05, 3.63) is 94.4 Å². The molecule has 0 radical (unpaired) electrons. The Morgan fingerprint density at radius 2 is 1.50 bits per heavy atom. The van der Waals surface area contributed by atoms with Crippen molar-refractivity contribution in [1.82, 2.24) is 10.2 Å². The second-order valence-electron chi connectivity index (χ2n) is 6.34. The zero-order valence-electron chi connectivity index (χ0n) is 15.1. The minimum atomic E-state index is -0.403. The summed E-state index contributed by atoms with van der Waals surface area (Å²) in [5.41, 5.74) is 1.59. The summed E-state index contributed by atoms with van der Waals surface area (Å²) in [7, 11) is 0. The second-order valence-corrected chi connectivity index (χ2v) is 6.34. The number of nitrogens with zero attached hydrogens (tertiary/aromatic N) is 1. The van der Waals surface area contributed by atoms with Gasteiger partial charge in [0, 0.05) is 11.1 Å². The van der Waals surface area contributed by atoms with Crippen molar-refractivity contribution in [3.63, 3.8) is 0 Å². The van der Waals surface area contributed by atoms with Crippen LogP contribution in [-0.4, -0.2) is 16.1 Å². The maximum absolute atomic E-state index is 12.6. The first kappa shape index (κ1) is 17.5. The van der Waals surface area contributed by atoms with Gasteiger partial charge in [-0.2, -0.15) is 5.10 Å². The smallest absolute Gasteiger partial charge is 0.276 e. The van der Waals surface area contributed by atoms with Gasteiger partial charge in [0.05, 0.1) is 5.39 Å². The molecule has 4 aromatic rings. The highest BCUT2D eigenvalue weighted by Crippen LogP contribution is 2.23. The van der Waals surface area contributed by atoms with Crippen LogP contribution in [0.3, 0.4) is 0 Å². The van der Waals surface area contributed by atoms with E-state index in [0.717, 1.165) is 11.3 Å². The third-order valence-electron chi connectivity index (χ3n) is 4.28. The van der Waals surface area contributed by atoms with E-state index >= 15 is 0 Å². The second kappa shape index (κ2) is 7.36. The van der Waals surface area contributed by atoms with E-state index in [1.165, 1.54) is 0 Å². The predicted molar refractivity (Wildman–Crippen MR) is 108 cm³/mol. The van der Waals surface area contributed by atoms with Crippen LogP contribution in [0.4, 0.5) is 5.69 Å². The van der Waals surface area contributed by atoms with Gasteiger partial charge >= 0.3 is 0 Å². The molecule has 1 aromatic heterocycles. The topological polar surface area (TPSA) is 84.1 Å². The number of carbonyl (C=O) groups is 1. The third kappa shape index (κ3) is 3.61. The lowest BCUT2D eigenvalue weighted by Crippen LogP contribution is -2.19. The summed E-state index contributed by atoms with van der Waals surface area (Å²) < 4.78 is 5.78. The molecule has 0 saturated carbocycles. The first-order chi connectivity index (χ1) is 13.6. The number of H-pyrrole nitrogens is 1. The highest BCUT2D eigenvalue weighted by atomic mass is 16.5. The number of aromatic nitrogens is 2. The largest absolute Gasteiger partial charge is 0.457 e. The molecule has 138 valence electrons. The lowest BCUT2D eigenvalue weighted by molar-refractivity contribution is 0.102. The van der Waals surface area contributed by atoms with Crippen LogP contribution in [-0.2, 0) is 0 Å². The molecule has 2 N–H and O–H groups in total. The number of fused-ring (bicyclic) bond motifs is 1. The molecule has 1 heterocycles. The van der Waals surface area contributed by atoms with Crippen LogP contribution < -0.4 is 15.6 Å². The number of aryl methyl sites for hydroxylation is 1. The average Bonchev–Trinajstić information content (AvgIpc) is 2.71. The molecule has 0 atom stereocenters. The third-order valence-corrected chi connectivity index (χ3v) is 4.28. The molecule has 0 saturated heterocycles. The molecular formula is C22H17N3O3. The molecule has 0 aliphatic heterocycles. The molecule has 0 fully saturated rings. The maximum atomic E-state index is 12.6. The fourth-order valence-corrected chi connectivity index (χ4v) is 2.83. The molecular weight excluding hydrogens is 354 g/mol. The van der Waals surface area contributed by atoms with Crippen LogP contribution in [0.15, 0.2) is 77.6 Å². The molecule has 4 rings (SSSR count). The number of benzene rings is 3. The molecule has 6 heteroatoms. The predicted octanol–water partition coefficient (Wildman–Crippen LogP) is 4.28. The van der Waals surface area contributed by atoms with E-state index in [9.17, 15) is 9.59 Å². The van der Waals surface area contributed by atoms with Crippen LogP contribution in [0.25, 0.3) is 10.8 Å². The van der Waals surface area contributed by atoms with Crippen molar-refractivity contribution in [2.45, 2.75) is 6.92 Å². The molecule has 6 nitrogen and oxygen atoms in total. The minimum absolute atomic E-state index is 0.162. The van der Waals surface area contributed by atoms with Gasteiger partial charge in [-0.25, -0.2) is 5.10 Å². The number of amides is 1. The number of anilines is 1. The Hall–Kier alpha value is -3.93.